The molecule has 5 rings (SSSR count). The molecular formula is C30H24N2O2S2. The van der Waals surface area contributed by atoms with E-state index in [9.17, 15) is 9.59 Å². The highest BCUT2D eigenvalue weighted by Gasteiger charge is 2.18. The first-order valence-electron chi connectivity index (χ1n) is 11.6. The summed E-state index contributed by atoms with van der Waals surface area (Å²) in [6.07, 6.45) is 1.68. The van der Waals surface area contributed by atoms with E-state index in [0.29, 0.717) is 27.5 Å². The standard InChI is InChI=1S/C30H24N2O2S2/c1-3-17-32-29(34)27-25(23-11-9-20(2)10-12-23)18-35-28(27)31-30(32)36-19-26(33)24-15-13-22(14-16-24)21-7-5-4-6-8-21/h3-16,18H,1,17,19H2,2H3. The van der Waals surface area contributed by atoms with Gasteiger partial charge in [0.2, 0.25) is 0 Å². The Morgan fingerprint density at radius 1 is 0.972 bits per heavy atom. The second kappa shape index (κ2) is 10.5. The molecule has 0 amide bonds. The van der Waals surface area contributed by atoms with Crippen LogP contribution in [0.1, 0.15) is 15.9 Å². The summed E-state index contributed by atoms with van der Waals surface area (Å²) in [6, 6.07) is 25.8. The van der Waals surface area contributed by atoms with Crippen LogP contribution in [0.2, 0.25) is 0 Å². The number of fused-ring (bicyclic) bond motifs is 1. The second-order valence-electron chi connectivity index (χ2n) is 8.45. The molecule has 178 valence electrons. The zero-order chi connectivity index (χ0) is 25.1. The summed E-state index contributed by atoms with van der Waals surface area (Å²) in [5, 5.41) is 3.12. The van der Waals surface area contributed by atoms with Gasteiger partial charge in [0.05, 0.1) is 11.1 Å². The third-order valence-electron chi connectivity index (χ3n) is 5.98. The van der Waals surface area contributed by atoms with E-state index in [2.05, 4.69) is 6.58 Å². The van der Waals surface area contributed by atoms with E-state index in [-0.39, 0.29) is 17.1 Å². The number of Topliss-reactive ketones (excluding diaryl/α,β-unsaturated/α-hetero) is 1. The molecule has 0 unspecified atom stereocenters. The normalized spacial score (nSPS) is 11.0. The lowest BCUT2D eigenvalue weighted by Crippen LogP contribution is -2.23. The maximum atomic E-state index is 13.5. The van der Waals surface area contributed by atoms with Gasteiger partial charge in [0, 0.05) is 23.1 Å². The van der Waals surface area contributed by atoms with E-state index in [1.54, 1.807) is 10.6 Å². The molecule has 0 aliphatic heterocycles. The lowest BCUT2D eigenvalue weighted by Gasteiger charge is -2.11. The van der Waals surface area contributed by atoms with Gasteiger partial charge in [-0.2, -0.15) is 0 Å². The number of aromatic nitrogens is 2. The van der Waals surface area contributed by atoms with Gasteiger partial charge in [-0.05, 0) is 23.6 Å². The number of hydrogen-bond donors (Lipinski definition) is 0. The van der Waals surface area contributed by atoms with Gasteiger partial charge < -0.3 is 0 Å². The minimum absolute atomic E-state index is 0.00867. The van der Waals surface area contributed by atoms with Gasteiger partial charge in [0.25, 0.3) is 5.56 Å². The predicted octanol–water partition coefficient (Wildman–Crippen LogP) is 7.26. The Kier molecular flexibility index (Phi) is 6.98. The maximum Gasteiger partial charge on any atom is 0.263 e. The molecule has 0 aliphatic carbocycles. The van der Waals surface area contributed by atoms with Crippen molar-refractivity contribution in [1.29, 1.82) is 0 Å². The Labute approximate surface area is 218 Å². The van der Waals surface area contributed by atoms with Crippen molar-refractivity contribution in [2.24, 2.45) is 0 Å². The zero-order valence-corrected chi connectivity index (χ0v) is 21.4. The number of carbonyl (C=O) groups is 1. The first-order valence-corrected chi connectivity index (χ1v) is 13.4. The number of ketones is 1. The van der Waals surface area contributed by atoms with Gasteiger partial charge in [-0.25, -0.2) is 4.98 Å². The lowest BCUT2D eigenvalue weighted by molar-refractivity contribution is 0.102. The van der Waals surface area contributed by atoms with Crippen LogP contribution in [0.3, 0.4) is 0 Å². The van der Waals surface area contributed by atoms with Crippen LogP contribution in [0.15, 0.2) is 107 Å². The third kappa shape index (κ3) is 4.83. The maximum absolute atomic E-state index is 13.5. The summed E-state index contributed by atoms with van der Waals surface area (Å²) in [5.74, 6) is 0.182. The van der Waals surface area contributed by atoms with Crippen LogP contribution < -0.4 is 5.56 Å². The summed E-state index contributed by atoms with van der Waals surface area (Å²) < 4.78 is 1.61. The molecule has 0 fully saturated rings. The molecule has 0 spiro atoms. The molecule has 0 radical (unpaired) electrons. The van der Waals surface area contributed by atoms with E-state index in [0.717, 1.165) is 22.3 Å². The molecule has 0 bridgehead atoms. The average molecular weight is 509 g/mol. The van der Waals surface area contributed by atoms with Gasteiger partial charge in [-0.3, -0.25) is 14.2 Å². The SMILES string of the molecule is C=CCn1c(SCC(=O)c2ccc(-c3ccccc3)cc2)nc2scc(-c3ccc(C)cc3)c2c1=O. The highest BCUT2D eigenvalue weighted by molar-refractivity contribution is 7.99. The Morgan fingerprint density at radius 2 is 1.64 bits per heavy atom. The van der Waals surface area contributed by atoms with Crippen molar-refractivity contribution in [2.45, 2.75) is 18.6 Å². The number of thioether (sulfide) groups is 1. The molecule has 5 aromatic rings. The van der Waals surface area contributed by atoms with Gasteiger partial charge >= 0.3 is 0 Å². The monoisotopic (exact) mass is 508 g/mol. The molecule has 0 aliphatic rings. The number of allylic oxidation sites excluding steroid dienone is 1. The van der Waals surface area contributed by atoms with Crippen molar-refractivity contribution >= 4 is 39.1 Å². The topological polar surface area (TPSA) is 52.0 Å². The minimum Gasteiger partial charge on any atom is -0.293 e. The quantitative estimate of drug-likeness (QED) is 0.0958. The largest absolute Gasteiger partial charge is 0.293 e. The Bertz CT molecular complexity index is 1600. The van der Waals surface area contributed by atoms with E-state index < -0.39 is 0 Å². The molecule has 3 aromatic carbocycles. The number of thiophene rings is 1. The number of carbonyl (C=O) groups excluding carboxylic acids is 1. The van der Waals surface area contributed by atoms with Gasteiger partial charge in [0.1, 0.15) is 4.83 Å². The van der Waals surface area contributed by atoms with E-state index in [1.807, 2.05) is 91.2 Å². The van der Waals surface area contributed by atoms with Crippen LogP contribution in [0.5, 0.6) is 0 Å². The number of nitrogens with zero attached hydrogens (tertiary/aromatic N) is 2. The van der Waals surface area contributed by atoms with Crippen LogP contribution in [0.4, 0.5) is 0 Å². The van der Waals surface area contributed by atoms with Gasteiger partial charge in [-0.15, -0.1) is 17.9 Å². The van der Waals surface area contributed by atoms with Crippen molar-refractivity contribution in [1.82, 2.24) is 9.55 Å². The van der Waals surface area contributed by atoms with E-state index >= 15 is 0 Å². The minimum atomic E-state index is -0.112. The zero-order valence-electron chi connectivity index (χ0n) is 19.8. The Hall–Kier alpha value is -3.74. The summed E-state index contributed by atoms with van der Waals surface area (Å²) in [7, 11) is 0. The fourth-order valence-corrected chi connectivity index (χ4v) is 5.94. The highest BCUT2D eigenvalue weighted by Crippen LogP contribution is 2.32. The Balaban J connectivity index is 1.41. The van der Waals surface area contributed by atoms with Crippen LogP contribution in [-0.4, -0.2) is 21.1 Å². The Morgan fingerprint density at radius 3 is 2.33 bits per heavy atom. The van der Waals surface area contributed by atoms with Gasteiger partial charge in [0.15, 0.2) is 10.9 Å². The molecule has 0 N–H and O–H groups in total. The molecule has 2 aromatic heterocycles. The van der Waals surface area contributed by atoms with E-state index in [1.165, 1.54) is 28.7 Å². The fraction of sp³-hybridized carbons (Fsp3) is 0.100. The van der Waals surface area contributed by atoms with E-state index in [4.69, 9.17) is 4.98 Å². The first kappa shape index (κ1) is 24.0. The van der Waals surface area contributed by atoms with Crippen molar-refractivity contribution in [2.75, 3.05) is 5.75 Å². The molecule has 36 heavy (non-hydrogen) atoms. The van der Waals surface area contributed by atoms with Gasteiger partial charge in [-0.1, -0.05) is 102 Å². The summed E-state index contributed by atoms with van der Waals surface area (Å²) in [5.41, 5.74) is 5.74. The average Bonchev–Trinajstić information content (AvgIpc) is 3.34. The number of benzene rings is 3. The van der Waals surface area contributed by atoms with Crippen LogP contribution in [-0.2, 0) is 6.54 Å². The lowest BCUT2D eigenvalue weighted by atomic mass is 10.0. The fourth-order valence-electron chi connectivity index (χ4n) is 4.04. The van der Waals surface area contributed by atoms with Crippen LogP contribution in [0, 0.1) is 6.92 Å². The van der Waals surface area contributed by atoms with Crippen molar-refractivity contribution < 1.29 is 4.79 Å². The highest BCUT2D eigenvalue weighted by atomic mass is 32.2. The number of rotatable bonds is 8. The van der Waals surface area contributed by atoms with Crippen LogP contribution >= 0.6 is 23.1 Å². The van der Waals surface area contributed by atoms with Crippen molar-refractivity contribution in [3.8, 4) is 22.3 Å². The summed E-state index contributed by atoms with van der Waals surface area (Å²) in [4.78, 5) is 31.9. The predicted molar refractivity (Wildman–Crippen MR) is 151 cm³/mol. The summed E-state index contributed by atoms with van der Waals surface area (Å²) in [6.45, 7) is 6.18. The molecular weight excluding hydrogens is 484 g/mol. The first-order chi connectivity index (χ1) is 17.5. The molecule has 0 saturated carbocycles. The molecule has 6 heteroatoms. The molecule has 0 atom stereocenters. The summed E-state index contributed by atoms with van der Waals surface area (Å²) >= 11 is 2.74. The molecule has 0 saturated heterocycles. The second-order valence-corrected chi connectivity index (χ2v) is 10.3. The van der Waals surface area contributed by atoms with Crippen LogP contribution in [0.25, 0.3) is 32.5 Å². The third-order valence-corrected chi connectivity index (χ3v) is 7.83. The molecule has 2 heterocycles. The molecule has 4 nitrogen and oxygen atoms in total. The number of hydrogen-bond acceptors (Lipinski definition) is 5. The van der Waals surface area contributed by atoms with Crippen molar-refractivity contribution in [3.63, 3.8) is 0 Å². The van der Waals surface area contributed by atoms with Crippen molar-refractivity contribution in [3.05, 3.63) is 118 Å². The number of aryl methyl sites for hydroxylation is 1. The smallest absolute Gasteiger partial charge is 0.263 e.